The van der Waals surface area contributed by atoms with Crippen molar-refractivity contribution in [3.8, 4) is 0 Å². The molecule has 2 aromatic rings. The molecule has 0 aliphatic heterocycles. The second kappa shape index (κ2) is 8.11. The predicted octanol–water partition coefficient (Wildman–Crippen LogP) is 5.57. The van der Waals surface area contributed by atoms with Gasteiger partial charge in [-0.2, -0.15) is 0 Å². The molecule has 20 heavy (non-hydrogen) atoms. The summed E-state index contributed by atoms with van der Waals surface area (Å²) in [6.45, 7) is 2.26. The molecule has 1 aromatic carbocycles. The lowest BCUT2D eigenvalue weighted by atomic mass is 10.0. The number of para-hydroxylation sites is 1. The van der Waals surface area contributed by atoms with E-state index in [1.54, 1.807) is 0 Å². The molecule has 0 bridgehead atoms. The largest absolute Gasteiger partial charge is 0.459 e. The van der Waals surface area contributed by atoms with Crippen LogP contribution in [0.3, 0.4) is 0 Å². The molecule has 1 atom stereocenters. The van der Waals surface area contributed by atoms with E-state index in [1.807, 2.05) is 18.2 Å². The Morgan fingerprint density at radius 3 is 2.45 bits per heavy atom. The zero-order chi connectivity index (χ0) is 14.2. The molecule has 0 amide bonds. The lowest BCUT2D eigenvalue weighted by molar-refractivity contribution is 0.458. The first-order valence-electron chi connectivity index (χ1n) is 8.05. The summed E-state index contributed by atoms with van der Waals surface area (Å²) in [6, 6.07) is 10.2. The molecule has 0 aliphatic rings. The van der Waals surface area contributed by atoms with Crippen LogP contribution in [0.15, 0.2) is 34.7 Å². The molecule has 0 aliphatic carbocycles. The SMILES string of the molecule is CCCCCCCCCC(N)c1cc2ccccc2o1. The minimum absolute atomic E-state index is 0.0399. The summed E-state index contributed by atoms with van der Waals surface area (Å²) in [5.74, 6) is 0.928. The summed E-state index contributed by atoms with van der Waals surface area (Å²) in [5, 5.41) is 1.15. The van der Waals surface area contributed by atoms with Crippen molar-refractivity contribution in [2.24, 2.45) is 5.73 Å². The fourth-order valence-electron chi connectivity index (χ4n) is 2.65. The maximum Gasteiger partial charge on any atom is 0.134 e. The third-order valence-electron chi connectivity index (χ3n) is 3.93. The molecule has 0 radical (unpaired) electrons. The van der Waals surface area contributed by atoms with Crippen molar-refractivity contribution in [1.29, 1.82) is 0 Å². The quantitative estimate of drug-likeness (QED) is 0.606. The van der Waals surface area contributed by atoms with Crippen LogP contribution in [0.25, 0.3) is 11.0 Å². The normalized spacial score (nSPS) is 12.9. The van der Waals surface area contributed by atoms with Crippen molar-refractivity contribution in [3.63, 3.8) is 0 Å². The van der Waals surface area contributed by atoms with Crippen LogP contribution < -0.4 is 5.73 Å². The average Bonchev–Trinajstić information content (AvgIpc) is 2.90. The van der Waals surface area contributed by atoms with Gasteiger partial charge in [-0.25, -0.2) is 0 Å². The maximum absolute atomic E-state index is 6.23. The molecule has 1 aromatic heterocycles. The standard InChI is InChI=1S/C18H27NO/c1-2-3-4-5-6-7-8-12-16(19)18-14-15-11-9-10-13-17(15)20-18/h9-11,13-14,16H,2-8,12,19H2,1H3. The highest BCUT2D eigenvalue weighted by Crippen LogP contribution is 2.25. The van der Waals surface area contributed by atoms with Crippen LogP contribution >= 0.6 is 0 Å². The molecule has 0 saturated heterocycles. The van der Waals surface area contributed by atoms with Gasteiger partial charge in [0.1, 0.15) is 11.3 Å². The summed E-state index contributed by atoms with van der Waals surface area (Å²) in [7, 11) is 0. The highest BCUT2D eigenvalue weighted by molar-refractivity contribution is 5.77. The van der Waals surface area contributed by atoms with Gasteiger partial charge in [-0.1, -0.05) is 70.1 Å². The first-order chi connectivity index (χ1) is 9.81. The third kappa shape index (κ3) is 4.38. The van der Waals surface area contributed by atoms with Gasteiger partial charge in [0.05, 0.1) is 6.04 Å². The van der Waals surface area contributed by atoms with Gasteiger partial charge in [0, 0.05) is 5.39 Å². The number of fused-ring (bicyclic) bond motifs is 1. The van der Waals surface area contributed by atoms with Crippen LogP contribution in [-0.2, 0) is 0 Å². The van der Waals surface area contributed by atoms with E-state index in [4.69, 9.17) is 10.2 Å². The van der Waals surface area contributed by atoms with Crippen LogP contribution in [0.1, 0.15) is 70.1 Å². The number of nitrogens with two attached hydrogens (primary N) is 1. The van der Waals surface area contributed by atoms with Gasteiger partial charge >= 0.3 is 0 Å². The topological polar surface area (TPSA) is 39.2 Å². The summed E-state index contributed by atoms with van der Waals surface area (Å²) >= 11 is 0. The molecular weight excluding hydrogens is 246 g/mol. The Morgan fingerprint density at radius 1 is 1.00 bits per heavy atom. The lowest BCUT2D eigenvalue weighted by Gasteiger charge is -2.08. The van der Waals surface area contributed by atoms with Gasteiger partial charge in [-0.05, 0) is 18.6 Å². The van der Waals surface area contributed by atoms with E-state index in [0.717, 1.165) is 23.2 Å². The molecular formula is C18H27NO. The Morgan fingerprint density at radius 2 is 1.70 bits per heavy atom. The van der Waals surface area contributed by atoms with Gasteiger partial charge in [-0.15, -0.1) is 0 Å². The number of furan rings is 1. The molecule has 2 nitrogen and oxygen atoms in total. The minimum Gasteiger partial charge on any atom is -0.459 e. The molecule has 2 N–H and O–H groups in total. The molecule has 110 valence electrons. The Balaban J connectivity index is 1.70. The van der Waals surface area contributed by atoms with Crippen LogP contribution in [0, 0.1) is 0 Å². The van der Waals surface area contributed by atoms with Gasteiger partial charge in [0.25, 0.3) is 0 Å². The van der Waals surface area contributed by atoms with Crippen LogP contribution in [0.5, 0.6) is 0 Å². The Bertz CT molecular complexity index is 470. The monoisotopic (exact) mass is 273 g/mol. The first-order valence-corrected chi connectivity index (χ1v) is 8.05. The zero-order valence-electron chi connectivity index (χ0n) is 12.6. The summed E-state index contributed by atoms with van der Waals surface area (Å²) in [4.78, 5) is 0. The van der Waals surface area contributed by atoms with Gasteiger partial charge in [0.15, 0.2) is 0 Å². The molecule has 1 heterocycles. The van der Waals surface area contributed by atoms with Crippen molar-refractivity contribution >= 4 is 11.0 Å². The fourth-order valence-corrected chi connectivity index (χ4v) is 2.65. The molecule has 0 spiro atoms. The van der Waals surface area contributed by atoms with Crippen molar-refractivity contribution in [2.75, 3.05) is 0 Å². The van der Waals surface area contributed by atoms with Gasteiger partial charge < -0.3 is 10.2 Å². The van der Waals surface area contributed by atoms with Crippen molar-refractivity contribution in [2.45, 2.75) is 64.3 Å². The summed E-state index contributed by atoms with van der Waals surface area (Å²) in [6.07, 6.45) is 10.3. The minimum atomic E-state index is 0.0399. The molecule has 2 rings (SSSR count). The van der Waals surface area contributed by atoms with E-state index in [9.17, 15) is 0 Å². The number of benzene rings is 1. The van der Waals surface area contributed by atoms with E-state index in [2.05, 4.69) is 19.1 Å². The van der Waals surface area contributed by atoms with E-state index in [-0.39, 0.29) is 6.04 Å². The van der Waals surface area contributed by atoms with E-state index in [1.165, 1.54) is 44.9 Å². The fraction of sp³-hybridized carbons (Fsp3) is 0.556. The molecule has 1 unspecified atom stereocenters. The second-order valence-electron chi connectivity index (χ2n) is 5.70. The van der Waals surface area contributed by atoms with Crippen LogP contribution in [-0.4, -0.2) is 0 Å². The lowest BCUT2D eigenvalue weighted by Crippen LogP contribution is -2.08. The van der Waals surface area contributed by atoms with Crippen LogP contribution in [0.2, 0.25) is 0 Å². The van der Waals surface area contributed by atoms with Crippen LogP contribution in [0.4, 0.5) is 0 Å². The maximum atomic E-state index is 6.23. The number of unbranched alkanes of at least 4 members (excludes halogenated alkanes) is 6. The van der Waals surface area contributed by atoms with E-state index >= 15 is 0 Å². The smallest absolute Gasteiger partial charge is 0.134 e. The zero-order valence-corrected chi connectivity index (χ0v) is 12.6. The van der Waals surface area contributed by atoms with Crippen molar-refractivity contribution in [1.82, 2.24) is 0 Å². The molecule has 2 heteroatoms. The highest BCUT2D eigenvalue weighted by Gasteiger charge is 2.11. The Labute approximate surface area is 122 Å². The number of rotatable bonds is 9. The average molecular weight is 273 g/mol. The third-order valence-corrected chi connectivity index (χ3v) is 3.93. The Hall–Kier alpha value is -1.28. The predicted molar refractivity (Wildman–Crippen MR) is 85.8 cm³/mol. The van der Waals surface area contributed by atoms with Gasteiger partial charge in [-0.3, -0.25) is 0 Å². The number of hydrogen-bond donors (Lipinski definition) is 1. The number of hydrogen-bond acceptors (Lipinski definition) is 2. The van der Waals surface area contributed by atoms with Crippen molar-refractivity contribution in [3.05, 3.63) is 36.1 Å². The summed E-state index contributed by atoms with van der Waals surface area (Å²) < 4.78 is 5.81. The summed E-state index contributed by atoms with van der Waals surface area (Å²) in [5.41, 5.74) is 7.17. The first kappa shape index (κ1) is 15.1. The second-order valence-corrected chi connectivity index (χ2v) is 5.70. The van der Waals surface area contributed by atoms with Gasteiger partial charge in [0.2, 0.25) is 0 Å². The highest BCUT2D eigenvalue weighted by atomic mass is 16.3. The Kier molecular flexibility index (Phi) is 6.13. The van der Waals surface area contributed by atoms with E-state index < -0.39 is 0 Å². The van der Waals surface area contributed by atoms with Crippen molar-refractivity contribution < 1.29 is 4.42 Å². The van der Waals surface area contributed by atoms with E-state index in [0.29, 0.717) is 0 Å². The molecule has 0 saturated carbocycles. The molecule has 0 fully saturated rings.